The molecule has 0 bridgehead atoms. The first-order valence-electron chi connectivity index (χ1n) is 5.72. The van der Waals surface area contributed by atoms with E-state index in [-0.39, 0.29) is 5.78 Å². The number of Topliss-reactive ketones (excluding diaryl/α,β-unsaturated/α-hetero) is 1. The largest absolute Gasteiger partial charge is 0.294 e. The molecule has 18 heavy (non-hydrogen) atoms. The average molecular weight is 273 g/mol. The highest BCUT2D eigenvalue weighted by Gasteiger charge is 2.08. The van der Waals surface area contributed by atoms with Crippen LogP contribution in [-0.2, 0) is 6.42 Å². The predicted octanol–water partition coefficient (Wildman–Crippen LogP) is 4.17. The SMILES string of the molecule is O=C(CCc1cccs1)c1cnc2ccsc2c1. The predicted molar refractivity (Wildman–Crippen MR) is 76.6 cm³/mol. The van der Waals surface area contributed by atoms with Crippen molar-refractivity contribution in [3.63, 3.8) is 0 Å². The maximum absolute atomic E-state index is 12.1. The highest BCUT2D eigenvalue weighted by atomic mass is 32.1. The van der Waals surface area contributed by atoms with Gasteiger partial charge in [-0.15, -0.1) is 22.7 Å². The number of rotatable bonds is 4. The van der Waals surface area contributed by atoms with E-state index in [0.29, 0.717) is 6.42 Å². The number of fused-ring (bicyclic) bond motifs is 1. The van der Waals surface area contributed by atoms with Gasteiger partial charge in [-0.3, -0.25) is 9.78 Å². The summed E-state index contributed by atoms with van der Waals surface area (Å²) in [7, 11) is 0. The van der Waals surface area contributed by atoms with Crippen molar-refractivity contribution in [2.45, 2.75) is 12.8 Å². The summed E-state index contributed by atoms with van der Waals surface area (Å²) in [5.41, 5.74) is 1.69. The summed E-state index contributed by atoms with van der Waals surface area (Å²) >= 11 is 3.32. The van der Waals surface area contributed by atoms with Gasteiger partial charge < -0.3 is 0 Å². The van der Waals surface area contributed by atoms with E-state index in [9.17, 15) is 4.79 Å². The molecule has 0 aliphatic carbocycles. The highest BCUT2D eigenvalue weighted by Crippen LogP contribution is 2.20. The summed E-state index contributed by atoms with van der Waals surface area (Å²) in [5, 5.41) is 4.04. The Kier molecular flexibility index (Phi) is 3.21. The van der Waals surface area contributed by atoms with Gasteiger partial charge in [-0.05, 0) is 35.4 Å². The van der Waals surface area contributed by atoms with Crippen molar-refractivity contribution >= 4 is 38.7 Å². The van der Waals surface area contributed by atoms with Gasteiger partial charge in [0.15, 0.2) is 5.78 Å². The Hall–Kier alpha value is -1.52. The summed E-state index contributed by atoms with van der Waals surface area (Å²) in [6.45, 7) is 0. The second kappa shape index (κ2) is 5.00. The fraction of sp³-hybridized carbons (Fsp3) is 0.143. The molecule has 0 amide bonds. The molecule has 3 aromatic rings. The number of nitrogens with zero attached hydrogens (tertiary/aromatic N) is 1. The lowest BCUT2D eigenvalue weighted by Gasteiger charge is -2.00. The van der Waals surface area contributed by atoms with E-state index in [2.05, 4.69) is 11.1 Å². The van der Waals surface area contributed by atoms with E-state index in [1.54, 1.807) is 28.9 Å². The monoisotopic (exact) mass is 273 g/mol. The van der Waals surface area contributed by atoms with Crippen molar-refractivity contribution in [2.75, 3.05) is 0 Å². The maximum atomic E-state index is 12.1. The molecule has 0 aliphatic heterocycles. The van der Waals surface area contributed by atoms with Gasteiger partial charge in [0.1, 0.15) is 0 Å². The molecule has 90 valence electrons. The lowest BCUT2D eigenvalue weighted by Crippen LogP contribution is -2.00. The van der Waals surface area contributed by atoms with E-state index in [4.69, 9.17) is 0 Å². The Labute approximate surface area is 113 Å². The lowest BCUT2D eigenvalue weighted by atomic mass is 10.1. The van der Waals surface area contributed by atoms with Crippen molar-refractivity contribution in [2.24, 2.45) is 0 Å². The van der Waals surface area contributed by atoms with Crippen LogP contribution in [0.1, 0.15) is 21.7 Å². The number of carbonyl (C=O) groups excluding carboxylic acids is 1. The number of carbonyl (C=O) groups is 1. The topological polar surface area (TPSA) is 30.0 Å². The molecule has 4 heteroatoms. The number of thiophene rings is 2. The minimum Gasteiger partial charge on any atom is -0.294 e. The van der Waals surface area contributed by atoms with Gasteiger partial charge in [0.25, 0.3) is 0 Å². The quantitative estimate of drug-likeness (QED) is 0.668. The number of aryl methyl sites for hydroxylation is 1. The molecule has 3 rings (SSSR count). The molecule has 0 radical (unpaired) electrons. The number of hydrogen-bond acceptors (Lipinski definition) is 4. The standard InChI is InChI=1S/C14H11NOS2/c16-13(4-3-11-2-1-6-17-11)10-8-14-12(15-9-10)5-7-18-14/h1-2,5-9H,3-4H2. The molecule has 2 nitrogen and oxygen atoms in total. The molecule has 0 spiro atoms. The van der Waals surface area contributed by atoms with E-state index in [1.807, 2.05) is 29.0 Å². The van der Waals surface area contributed by atoms with Crippen molar-refractivity contribution in [3.8, 4) is 0 Å². The summed E-state index contributed by atoms with van der Waals surface area (Å²) in [5.74, 6) is 0.172. The van der Waals surface area contributed by atoms with Crippen LogP contribution in [0.2, 0.25) is 0 Å². The zero-order chi connectivity index (χ0) is 12.4. The summed E-state index contributed by atoms with van der Waals surface area (Å²) in [4.78, 5) is 17.6. The zero-order valence-corrected chi connectivity index (χ0v) is 11.3. The fourth-order valence-corrected chi connectivity index (χ4v) is 3.32. The van der Waals surface area contributed by atoms with Gasteiger partial charge in [0.05, 0.1) is 10.2 Å². The number of hydrogen-bond donors (Lipinski definition) is 0. The van der Waals surface area contributed by atoms with Gasteiger partial charge in [-0.25, -0.2) is 0 Å². The van der Waals surface area contributed by atoms with Crippen LogP contribution >= 0.6 is 22.7 Å². The van der Waals surface area contributed by atoms with Crippen LogP contribution in [0.5, 0.6) is 0 Å². The number of ketones is 1. The van der Waals surface area contributed by atoms with Gasteiger partial charge in [-0.1, -0.05) is 6.07 Å². The molecular weight excluding hydrogens is 262 g/mol. The summed E-state index contributed by atoms with van der Waals surface area (Å²) in [6.07, 6.45) is 3.06. The Morgan fingerprint density at radius 3 is 3.00 bits per heavy atom. The Bertz CT molecular complexity index is 670. The third-order valence-corrected chi connectivity index (χ3v) is 4.59. The van der Waals surface area contributed by atoms with Crippen LogP contribution in [-0.4, -0.2) is 10.8 Å². The molecule has 0 aromatic carbocycles. The minimum atomic E-state index is 0.172. The van der Waals surface area contributed by atoms with Gasteiger partial charge >= 0.3 is 0 Å². The van der Waals surface area contributed by atoms with Crippen LogP contribution in [0.15, 0.2) is 41.2 Å². The first kappa shape index (κ1) is 11.6. The molecule has 0 saturated heterocycles. The van der Waals surface area contributed by atoms with Crippen molar-refractivity contribution in [3.05, 3.63) is 51.7 Å². The number of pyridine rings is 1. The second-order valence-corrected chi connectivity index (χ2v) is 6.01. The van der Waals surface area contributed by atoms with Gasteiger partial charge in [0, 0.05) is 23.1 Å². The van der Waals surface area contributed by atoms with Crippen LogP contribution in [0.25, 0.3) is 10.2 Å². The normalized spacial score (nSPS) is 10.9. The summed E-state index contributed by atoms with van der Waals surface area (Å²) < 4.78 is 1.08. The molecule has 0 aliphatic rings. The van der Waals surface area contributed by atoms with E-state index in [0.717, 1.165) is 22.2 Å². The van der Waals surface area contributed by atoms with Crippen LogP contribution in [0, 0.1) is 0 Å². The Balaban J connectivity index is 1.75. The fourth-order valence-electron chi connectivity index (χ4n) is 1.83. The molecule has 0 N–H and O–H groups in total. The molecular formula is C14H11NOS2. The van der Waals surface area contributed by atoms with E-state index >= 15 is 0 Å². The third-order valence-electron chi connectivity index (χ3n) is 2.80. The molecule has 3 heterocycles. The average Bonchev–Trinajstić information content (AvgIpc) is 3.05. The highest BCUT2D eigenvalue weighted by molar-refractivity contribution is 7.17. The number of aromatic nitrogens is 1. The third kappa shape index (κ3) is 2.35. The van der Waals surface area contributed by atoms with Crippen LogP contribution in [0.4, 0.5) is 0 Å². The second-order valence-electron chi connectivity index (χ2n) is 4.03. The maximum Gasteiger partial charge on any atom is 0.164 e. The van der Waals surface area contributed by atoms with Crippen molar-refractivity contribution in [1.82, 2.24) is 4.98 Å². The van der Waals surface area contributed by atoms with Crippen LogP contribution < -0.4 is 0 Å². The summed E-state index contributed by atoms with van der Waals surface area (Å²) in [6, 6.07) is 8.01. The molecule has 3 aromatic heterocycles. The molecule has 0 atom stereocenters. The molecule has 0 fully saturated rings. The van der Waals surface area contributed by atoms with E-state index < -0.39 is 0 Å². The van der Waals surface area contributed by atoms with Gasteiger partial charge in [0.2, 0.25) is 0 Å². The Morgan fingerprint density at radius 2 is 2.17 bits per heavy atom. The lowest BCUT2D eigenvalue weighted by molar-refractivity contribution is 0.0983. The Morgan fingerprint density at radius 1 is 1.22 bits per heavy atom. The van der Waals surface area contributed by atoms with E-state index in [1.165, 1.54) is 4.88 Å². The van der Waals surface area contributed by atoms with Crippen LogP contribution in [0.3, 0.4) is 0 Å². The molecule has 0 saturated carbocycles. The van der Waals surface area contributed by atoms with Crippen molar-refractivity contribution in [1.29, 1.82) is 0 Å². The van der Waals surface area contributed by atoms with Gasteiger partial charge in [-0.2, -0.15) is 0 Å². The molecule has 0 unspecified atom stereocenters. The minimum absolute atomic E-state index is 0.172. The smallest absolute Gasteiger partial charge is 0.164 e. The first-order chi connectivity index (χ1) is 8.83. The zero-order valence-electron chi connectivity index (χ0n) is 9.63. The first-order valence-corrected chi connectivity index (χ1v) is 7.48. The van der Waals surface area contributed by atoms with Crippen molar-refractivity contribution < 1.29 is 4.79 Å².